The largest absolute Gasteiger partial charge is 0.496 e. The fourth-order valence-corrected chi connectivity index (χ4v) is 2.25. The van der Waals surface area contributed by atoms with Crippen LogP contribution in [0.3, 0.4) is 0 Å². The monoisotopic (exact) mass is 238 g/mol. The van der Waals surface area contributed by atoms with Gasteiger partial charge in [0.25, 0.3) is 0 Å². The molecule has 0 amide bonds. The van der Waals surface area contributed by atoms with Gasteiger partial charge >= 0.3 is 0 Å². The Morgan fingerprint density at radius 3 is 2.81 bits per heavy atom. The Hall–Kier alpha value is -1.39. The lowest BCUT2D eigenvalue weighted by atomic mass is 10.1. The minimum absolute atomic E-state index is 0.383. The number of hydrogen-bond donors (Lipinski definition) is 1. The fourth-order valence-electron chi connectivity index (χ4n) is 1.52. The van der Waals surface area contributed by atoms with Crippen molar-refractivity contribution >= 4 is 11.3 Å². The third kappa shape index (κ3) is 2.08. The van der Waals surface area contributed by atoms with Crippen molar-refractivity contribution in [3.05, 3.63) is 52.0 Å². The van der Waals surface area contributed by atoms with Crippen LogP contribution in [-0.4, -0.2) is 12.2 Å². The number of aliphatic hydroxyl groups is 1. The van der Waals surface area contributed by atoms with Crippen molar-refractivity contribution in [3.63, 3.8) is 0 Å². The van der Waals surface area contributed by atoms with Crippen molar-refractivity contribution in [2.24, 2.45) is 0 Å². The third-order valence-electron chi connectivity index (χ3n) is 2.30. The highest BCUT2D eigenvalue weighted by Crippen LogP contribution is 2.32. The highest BCUT2D eigenvalue weighted by Gasteiger charge is 2.16. The van der Waals surface area contributed by atoms with Crippen molar-refractivity contribution < 1.29 is 14.2 Å². The van der Waals surface area contributed by atoms with E-state index in [1.54, 1.807) is 6.07 Å². The van der Waals surface area contributed by atoms with Gasteiger partial charge in [0.2, 0.25) is 0 Å². The summed E-state index contributed by atoms with van der Waals surface area (Å²) in [5.41, 5.74) is 0.449. The maximum atomic E-state index is 13.1. The molecule has 0 spiro atoms. The van der Waals surface area contributed by atoms with Crippen molar-refractivity contribution in [1.82, 2.24) is 0 Å². The zero-order valence-electron chi connectivity index (χ0n) is 8.68. The minimum atomic E-state index is -0.842. The smallest absolute Gasteiger partial charge is 0.125 e. The van der Waals surface area contributed by atoms with Crippen LogP contribution in [0.25, 0.3) is 0 Å². The molecule has 1 aromatic carbocycles. The Morgan fingerprint density at radius 1 is 1.38 bits per heavy atom. The summed E-state index contributed by atoms with van der Waals surface area (Å²) in [7, 11) is 1.50. The lowest BCUT2D eigenvalue weighted by Crippen LogP contribution is -2.01. The molecular weight excluding hydrogens is 227 g/mol. The molecule has 0 fully saturated rings. The van der Waals surface area contributed by atoms with E-state index in [0.29, 0.717) is 11.3 Å². The maximum Gasteiger partial charge on any atom is 0.125 e. The number of thiophene rings is 1. The Bertz CT molecular complexity index is 468. The number of aliphatic hydroxyl groups excluding tert-OH is 1. The van der Waals surface area contributed by atoms with Gasteiger partial charge in [0.1, 0.15) is 17.7 Å². The van der Waals surface area contributed by atoms with E-state index in [2.05, 4.69) is 0 Å². The molecule has 1 atom stereocenters. The predicted molar refractivity (Wildman–Crippen MR) is 61.3 cm³/mol. The summed E-state index contributed by atoms with van der Waals surface area (Å²) in [6.45, 7) is 0. The van der Waals surface area contributed by atoms with Gasteiger partial charge in [-0.1, -0.05) is 6.07 Å². The second-order valence-corrected chi connectivity index (χ2v) is 4.28. The summed E-state index contributed by atoms with van der Waals surface area (Å²) in [6, 6.07) is 7.77. The van der Waals surface area contributed by atoms with Crippen molar-refractivity contribution in [1.29, 1.82) is 0 Å². The van der Waals surface area contributed by atoms with E-state index in [1.165, 1.54) is 36.6 Å². The minimum Gasteiger partial charge on any atom is -0.496 e. The van der Waals surface area contributed by atoms with E-state index in [0.717, 1.165) is 4.88 Å². The number of halogens is 1. The van der Waals surface area contributed by atoms with Gasteiger partial charge in [-0.05, 0) is 29.6 Å². The van der Waals surface area contributed by atoms with Crippen LogP contribution in [0.2, 0.25) is 0 Å². The lowest BCUT2D eigenvalue weighted by molar-refractivity contribution is 0.218. The molecule has 0 bridgehead atoms. The van der Waals surface area contributed by atoms with E-state index in [9.17, 15) is 9.50 Å². The average Bonchev–Trinajstić information content (AvgIpc) is 2.81. The molecule has 84 valence electrons. The first-order valence-corrected chi connectivity index (χ1v) is 5.65. The summed E-state index contributed by atoms with van der Waals surface area (Å²) in [5.74, 6) is 0.105. The second-order valence-electron chi connectivity index (χ2n) is 3.30. The summed E-state index contributed by atoms with van der Waals surface area (Å²) in [6.07, 6.45) is -0.842. The molecule has 2 rings (SSSR count). The highest BCUT2D eigenvalue weighted by atomic mass is 32.1. The van der Waals surface area contributed by atoms with Gasteiger partial charge in [-0.15, -0.1) is 11.3 Å². The Morgan fingerprint density at radius 2 is 2.19 bits per heavy atom. The number of methoxy groups -OCH3 is 1. The van der Waals surface area contributed by atoms with E-state index >= 15 is 0 Å². The molecular formula is C12H11FO2S. The summed E-state index contributed by atoms with van der Waals surface area (Å²) in [5, 5.41) is 11.9. The van der Waals surface area contributed by atoms with E-state index in [1.807, 2.05) is 11.4 Å². The van der Waals surface area contributed by atoms with Gasteiger partial charge in [0.15, 0.2) is 0 Å². The van der Waals surface area contributed by atoms with Gasteiger partial charge in [-0.25, -0.2) is 4.39 Å². The summed E-state index contributed by atoms with van der Waals surface area (Å²) in [4.78, 5) is 0.768. The molecule has 0 aliphatic heterocycles. The summed E-state index contributed by atoms with van der Waals surface area (Å²) >= 11 is 1.42. The molecule has 0 radical (unpaired) electrons. The number of rotatable bonds is 3. The molecule has 0 aliphatic carbocycles. The van der Waals surface area contributed by atoms with Crippen molar-refractivity contribution in [2.45, 2.75) is 6.10 Å². The average molecular weight is 238 g/mol. The highest BCUT2D eigenvalue weighted by molar-refractivity contribution is 7.10. The Balaban J connectivity index is 2.42. The second kappa shape index (κ2) is 4.63. The molecule has 0 saturated carbocycles. The molecule has 16 heavy (non-hydrogen) atoms. The van der Waals surface area contributed by atoms with Crippen molar-refractivity contribution in [2.75, 3.05) is 7.11 Å². The Kier molecular flexibility index (Phi) is 3.22. The van der Waals surface area contributed by atoms with Gasteiger partial charge in [0, 0.05) is 10.4 Å². The number of hydrogen-bond acceptors (Lipinski definition) is 3. The predicted octanol–water partition coefficient (Wildman–Crippen LogP) is 2.98. The molecule has 1 aromatic heterocycles. The van der Waals surface area contributed by atoms with Gasteiger partial charge < -0.3 is 9.84 Å². The molecule has 2 nitrogen and oxygen atoms in total. The number of benzene rings is 1. The van der Waals surface area contributed by atoms with Crippen LogP contribution in [0.1, 0.15) is 16.5 Å². The lowest BCUT2D eigenvalue weighted by Gasteiger charge is -2.13. The van der Waals surface area contributed by atoms with Gasteiger partial charge in [-0.3, -0.25) is 0 Å². The van der Waals surface area contributed by atoms with Crippen LogP contribution in [0.15, 0.2) is 35.7 Å². The van der Waals surface area contributed by atoms with Crippen LogP contribution in [0.5, 0.6) is 5.75 Å². The molecule has 2 aromatic rings. The quantitative estimate of drug-likeness (QED) is 0.890. The van der Waals surface area contributed by atoms with Crippen LogP contribution < -0.4 is 4.74 Å². The summed E-state index contributed by atoms with van der Waals surface area (Å²) < 4.78 is 18.2. The molecule has 1 N–H and O–H groups in total. The van der Waals surface area contributed by atoms with E-state index in [-0.39, 0.29) is 5.82 Å². The SMILES string of the molecule is COc1ccc(F)cc1C(O)c1cccs1. The first-order chi connectivity index (χ1) is 7.72. The van der Waals surface area contributed by atoms with Crippen LogP contribution in [0, 0.1) is 5.82 Å². The molecule has 4 heteroatoms. The third-order valence-corrected chi connectivity index (χ3v) is 3.22. The molecule has 1 heterocycles. The molecule has 0 aliphatic rings. The fraction of sp³-hybridized carbons (Fsp3) is 0.167. The molecule has 1 unspecified atom stereocenters. The van der Waals surface area contributed by atoms with E-state index < -0.39 is 6.10 Å². The van der Waals surface area contributed by atoms with Crippen LogP contribution in [0.4, 0.5) is 4.39 Å². The Labute approximate surface area is 96.9 Å². The standard InChI is InChI=1S/C12H11FO2S/c1-15-10-5-4-8(13)7-9(10)12(14)11-3-2-6-16-11/h2-7,12,14H,1H3. The van der Waals surface area contributed by atoms with Crippen LogP contribution in [-0.2, 0) is 0 Å². The van der Waals surface area contributed by atoms with Crippen LogP contribution >= 0.6 is 11.3 Å². The topological polar surface area (TPSA) is 29.5 Å². The zero-order valence-corrected chi connectivity index (χ0v) is 9.50. The number of ether oxygens (including phenoxy) is 1. The van der Waals surface area contributed by atoms with Gasteiger partial charge in [-0.2, -0.15) is 0 Å². The maximum absolute atomic E-state index is 13.1. The molecule has 0 saturated heterocycles. The normalized spacial score (nSPS) is 12.4. The van der Waals surface area contributed by atoms with Crippen molar-refractivity contribution in [3.8, 4) is 5.75 Å². The first kappa shape index (κ1) is 11.1. The van der Waals surface area contributed by atoms with E-state index in [4.69, 9.17) is 4.74 Å². The zero-order chi connectivity index (χ0) is 11.5. The van der Waals surface area contributed by atoms with Gasteiger partial charge in [0.05, 0.1) is 7.11 Å². The first-order valence-electron chi connectivity index (χ1n) is 4.77.